The molecule has 1 aromatic rings. The van der Waals surface area contributed by atoms with Crippen LogP contribution >= 0.6 is 24.8 Å². The Balaban J connectivity index is 0.00000200. The van der Waals surface area contributed by atoms with E-state index in [9.17, 15) is 4.79 Å². The lowest BCUT2D eigenvalue weighted by molar-refractivity contribution is -0.138. The van der Waals surface area contributed by atoms with Gasteiger partial charge >= 0.3 is 0 Å². The summed E-state index contributed by atoms with van der Waals surface area (Å²) in [4.78, 5) is 18.3. The molecule has 2 heterocycles. The average Bonchev–Trinajstić information content (AvgIpc) is 2.87. The van der Waals surface area contributed by atoms with Crippen molar-refractivity contribution in [1.82, 2.24) is 15.2 Å². The van der Waals surface area contributed by atoms with Gasteiger partial charge < -0.3 is 15.0 Å². The number of likely N-dealkylation sites (tertiary alicyclic amines) is 1. The van der Waals surface area contributed by atoms with Crippen LogP contribution in [0.5, 0.6) is 5.75 Å². The van der Waals surface area contributed by atoms with Gasteiger partial charge in [-0.15, -0.1) is 24.8 Å². The zero-order chi connectivity index (χ0) is 13.7. The maximum absolute atomic E-state index is 12.4. The molecule has 1 aliphatic rings. The SMILES string of the molecule is CNCC1CCCN1C(=O)C(C)Oc1cccnc1.Cl.Cl. The first-order valence-electron chi connectivity index (χ1n) is 6.74. The topological polar surface area (TPSA) is 54.5 Å². The Kier molecular flexibility index (Phi) is 9.33. The van der Waals surface area contributed by atoms with Crippen LogP contribution in [0.4, 0.5) is 0 Å². The predicted octanol–water partition coefficient (Wildman–Crippen LogP) is 1.90. The van der Waals surface area contributed by atoms with Crippen molar-refractivity contribution < 1.29 is 9.53 Å². The Morgan fingerprint density at radius 2 is 2.33 bits per heavy atom. The van der Waals surface area contributed by atoms with Crippen LogP contribution in [0.25, 0.3) is 0 Å². The Hall–Kier alpha value is -1.04. The summed E-state index contributed by atoms with van der Waals surface area (Å²) in [7, 11) is 1.91. The van der Waals surface area contributed by atoms with Gasteiger partial charge in [0, 0.05) is 25.3 Å². The number of amides is 1. The van der Waals surface area contributed by atoms with E-state index < -0.39 is 6.10 Å². The van der Waals surface area contributed by atoms with E-state index in [1.807, 2.05) is 18.0 Å². The summed E-state index contributed by atoms with van der Waals surface area (Å²) >= 11 is 0. The molecule has 0 aromatic carbocycles. The van der Waals surface area contributed by atoms with Gasteiger partial charge in [0.05, 0.1) is 6.20 Å². The number of aromatic nitrogens is 1. The van der Waals surface area contributed by atoms with Crippen LogP contribution in [0, 0.1) is 0 Å². The molecule has 1 fully saturated rings. The van der Waals surface area contributed by atoms with E-state index in [-0.39, 0.29) is 36.8 Å². The molecule has 1 saturated heterocycles. The van der Waals surface area contributed by atoms with Crippen LogP contribution in [-0.2, 0) is 4.79 Å². The second-order valence-corrected chi connectivity index (χ2v) is 4.83. The van der Waals surface area contributed by atoms with Crippen molar-refractivity contribution in [1.29, 1.82) is 0 Å². The highest BCUT2D eigenvalue weighted by Crippen LogP contribution is 2.19. The van der Waals surface area contributed by atoms with E-state index in [1.165, 1.54) is 0 Å². The molecule has 0 aliphatic carbocycles. The van der Waals surface area contributed by atoms with Gasteiger partial charge in [0.15, 0.2) is 6.10 Å². The number of halogens is 2. The van der Waals surface area contributed by atoms with E-state index in [0.717, 1.165) is 25.9 Å². The van der Waals surface area contributed by atoms with Gasteiger partial charge in [0.1, 0.15) is 5.75 Å². The van der Waals surface area contributed by atoms with Crippen LogP contribution in [0.2, 0.25) is 0 Å². The van der Waals surface area contributed by atoms with Crippen LogP contribution in [-0.4, -0.2) is 48.1 Å². The van der Waals surface area contributed by atoms with Gasteiger partial charge in [-0.1, -0.05) is 0 Å². The normalized spacial score (nSPS) is 18.4. The van der Waals surface area contributed by atoms with Crippen molar-refractivity contribution in [2.45, 2.75) is 31.9 Å². The van der Waals surface area contributed by atoms with Gasteiger partial charge in [0.2, 0.25) is 0 Å². The van der Waals surface area contributed by atoms with Gasteiger partial charge in [-0.2, -0.15) is 0 Å². The number of likely N-dealkylation sites (N-methyl/N-ethyl adjacent to an activating group) is 1. The Morgan fingerprint density at radius 3 is 2.95 bits per heavy atom. The molecular formula is C14H23Cl2N3O2. The zero-order valence-corrected chi connectivity index (χ0v) is 14.0. The molecule has 2 atom stereocenters. The lowest BCUT2D eigenvalue weighted by Gasteiger charge is -2.27. The minimum absolute atomic E-state index is 0. The molecular weight excluding hydrogens is 313 g/mol. The molecule has 5 nitrogen and oxygen atoms in total. The summed E-state index contributed by atoms with van der Waals surface area (Å²) in [5, 5.41) is 3.14. The molecule has 0 radical (unpaired) electrons. The molecule has 21 heavy (non-hydrogen) atoms. The number of hydrogen-bond donors (Lipinski definition) is 1. The standard InChI is InChI=1S/C14H21N3O2.2ClH/c1-11(19-13-6-3-7-16-10-13)14(18)17-8-4-5-12(17)9-15-2;;/h3,6-7,10-12,15H,4-5,8-9H2,1-2H3;2*1H. The summed E-state index contributed by atoms with van der Waals surface area (Å²) < 4.78 is 5.64. The van der Waals surface area contributed by atoms with Crippen molar-refractivity contribution in [3.05, 3.63) is 24.5 Å². The van der Waals surface area contributed by atoms with E-state index >= 15 is 0 Å². The number of pyridine rings is 1. The highest BCUT2D eigenvalue weighted by molar-refractivity contribution is 5.85. The van der Waals surface area contributed by atoms with Crippen molar-refractivity contribution >= 4 is 30.7 Å². The molecule has 1 aliphatic heterocycles. The fraction of sp³-hybridized carbons (Fsp3) is 0.571. The fourth-order valence-corrected chi connectivity index (χ4v) is 2.48. The fourth-order valence-electron chi connectivity index (χ4n) is 2.48. The third-order valence-electron chi connectivity index (χ3n) is 3.39. The summed E-state index contributed by atoms with van der Waals surface area (Å²) in [6, 6.07) is 3.90. The second-order valence-electron chi connectivity index (χ2n) is 4.83. The molecule has 2 unspecified atom stereocenters. The first-order chi connectivity index (χ1) is 9.22. The van der Waals surface area contributed by atoms with Gasteiger partial charge in [-0.25, -0.2) is 0 Å². The maximum Gasteiger partial charge on any atom is 0.263 e. The number of carbonyl (C=O) groups excluding carboxylic acids is 1. The summed E-state index contributed by atoms with van der Waals surface area (Å²) in [5.74, 6) is 0.689. The molecule has 0 spiro atoms. The average molecular weight is 336 g/mol. The maximum atomic E-state index is 12.4. The Morgan fingerprint density at radius 1 is 1.57 bits per heavy atom. The van der Waals surface area contributed by atoms with Crippen molar-refractivity contribution in [3.8, 4) is 5.75 Å². The molecule has 0 saturated carbocycles. The summed E-state index contributed by atoms with van der Waals surface area (Å²) in [6.07, 6.45) is 4.97. The first kappa shape index (κ1) is 20.0. The number of nitrogens with one attached hydrogen (secondary N) is 1. The molecule has 1 N–H and O–H groups in total. The first-order valence-corrected chi connectivity index (χ1v) is 6.74. The highest BCUT2D eigenvalue weighted by atomic mass is 35.5. The molecule has 1 amide bonds. The summed E-state index contributed by atoms with van der Waals surface area (Å²) in [5.41, 5.74) is 0. The van der Waals surface area contributed by atoms with E-state index in [4.69, 9.17) is 4.74 Å². The number of hydrogen-bond acceptors (Lipinski definition) is 4. The van der Waals surface area contributed by atoms with Gasteiger partial charge in [-0.3, -0.25) is 9.78 Å². The summed E-state index contributed by atoms with van der Waals surface area (Å²) in [6.45, 7) is 3.46. The molecule has 2 rings (SSSR count). The Bertz CT molecular complexity index is 420. The highest BCUT2D eigenvalue weighted by Gasteiger charge is 2.31. The number of ether oxygens (including phenoxy) is 1. The van der Waals surface area contributed by atoms with Gasteiger partial charge in [0.25, 0.3) is 5.91 Å². The third-order valence-corrected chi connectivity index (χ3v) is 3.39. The van der Waals surface area contributed by atoms with E-state index in [1.54, 1.807) is 25.4 Å². The van der Waals surface area contributed by atoms with Crippen LogP contribution in [0.3, 0.4) is 0 Å². The quantitative estimate of drug-likeness (QED) is 0.892. The molecule has 0 bridgehead atoms. The predicted molar refractivity (Wildman–Crippen MR) is 87.5 cm³/mol. The minimum Gasteiger partial charge on any atom is -0.479 e. The lowest BCUT2D eigenvalue weighted by Crippen LogP contribution is -2.46. The zero-order valence-electron chi connectivity index (χ0n) is 12.3. The van der Waals surface area contributed by atoms with Crippen molar-refractivity contribution in [2.24, 2.45) is 0 Å². The van der Waals surface area contributed by atoms with E-state index in [0.29, 0.717) is 5.75 Å². The molecule has 7 heteroatoms. The number of nitrogens with zero attached hydrogens (tertiary/aromatic N) is 2. The monoisotopic (exact) mass is 335 g/mol. The van der Waals surface area contributed by atoms with Crippen LogP contribution in [0.1, 0.15) is 19.8 Å². The van der Waals surface area contributed by atoms with E-state index in [2.05, 4.69) is 10.3 Å². The number of carbonyl (C=O) groups is 1. The third kappa shape index (κ3) is 5.34. The van der Waals surface area contributed by atoms with Gasteiger partial charge in [-0.05, 0) is 38.9 Å². The Labute approximate surface area is 138 Å². The van der Waals surface area contributed by atoms with Crippen molar-refractivity contribution in [2.75, 3.05) is 20.1 Å². The van der Waals surface area contributed by atoms with Crippen molar-refractivity contribution in [3.63, 3.8) is 0 Å². The van der Waals surface area contributed by atoms with Crippen LogP contribution in [0.15, 0.2) is 24.5 Å². The smallest absolute Gasteiger partial charge is 0.263 e. The second kappa shape index (κ2) is 9.82. The van der Waals surface area contributed by atoms with Crippen LogP contribution < -0.4 is 10.1 Å². The minimum atomic E-state index is -0.471. The molecule has 120 valence electrons. The molecule has 1 aromatic heterocycles. The number of rotatable bonds is 5. The lowest BCUT2D eigenvalue weighted by atomic mass is 10.2. The largest absolute Gasteiger partial charge is 0.479 e.